The number of carbonyl (C=O) groups excluding carboxylic acids is 1. The molecule has 1 atom stereocenters. The predicted octanol–water partition coefficient (Wildman–Crippen LogP) is 2.87. The average Bonchev–Trinajstić information content (AvgIpc) is 2.68. The van der Waals surface area contributed by atoms with Gasteiger partial charge in [0.2, 0.25) is 6.29 Å². The van der Waals surface area contributed by atoms with Crippen molar-refractivity contribution in [2.75, 3.05) is 0 Å². The van der Waals surface area contributed by atoms with Crippen LogP contribution in [0.15, 0.2) is 67.0 Å². The van der Waals surface area contributed by atoms with Crippen molar-refractivity contribution in [2.45, 2.75) is 19.4 Å². The Morgan fingerprint density at radius 2 is 2.00 bits per heavy atom. The zero-order valence-electron chi connectivity index (χ0n) is 14.5. The lowest BCUT2D eigenvalue weighted by Gasteiger charge is -2.28. The molecule has 27 heavy (non-hydrogen) atoms. The number of hydrogen-bond donors (Lipinski definition) is 1. The van der Waals surface area contributed by atoms with Crippen LogP contribution in [-0.2, 0) is 17.9 Å². The molecule has 2 N–H and O–H groups in total. The molecule has 0 bridgehead atoms. The van der Waals surface area contributed by atoms with E-state index >= 15 is 0 Å². The summed E-state index contributed by atoms with van der Waals surface area (Å²) in [4.78, 5) is 11.4. The molecule has 1 aliphatic rings. The summed E-state index contributed by atoms with van der Waals surface area (Å²) in [6.45, 7) is 0.592. The number of primary amides is 1. The second kappa shape index (κ2) is 7.17. The Bertz CT molecular complexity index is 992. The van der Waals surface area contributed by atoms with Gasteiger partial charge in [0.1, 0.15) is 17.1 Å². The molecule has 0 radical (unpaired) electrons. The van der Waals surface area contributed by atoms with Gasteiger partial charge in [-0.25, -0.2) is 4.39 Å². The molecule has 6 heteroatoms. The lowest BCUT2D eigenvalue weighted by molar-refractivity contribution is -0.688. The summed E-state index contributed by atoms with van der Waals surface area (Å²) in [5.41, 5.74) is 7.94. The molecule has 2 aromatic carbocycles. The van der Waals surface area contributed by atoms with E-state index in [1.54, 1.807) is 29.1 Å². The number of ether oxygens (including phenoxy) is 2. The summed E-state index contributed by atoms with van der Waals surface area (Å²) in [7, 11) is 0. The second-order valence-corrected chi connectivity index (χ2v) is 6.35. The molecular weight excluding hydrogens is 347 g/mol. The van der Waals surface area contributed by atoms with Crippen LogP contribution in [0.25, 0.3) is 0 Å². The van der Waals surface area contributed by atoms with Crippen LogP contribution in [0.3, 0.4) is 0 Å². The third-order valence-electron chi connectivity index (χ3n) is 4.39. The van der Waals surface area contributed by atoms with E-state index in [2.05, 4.69) is 0 Å². The zero-order valence-corrected chi connectivity index (χ0v) is 14.5. The second-order valence-electron chi connectivity index (χ2n) is 6.35. The van der Waals surface area contributed by atoms with Gasteiger partial charge in [-0.3, -0.25) is 4.79 Å². The van der Waals surface area contributed by atoms with E-state index in [9.17, 15) is 9.18 Å². The van der Waals surface area contributed by atoms with Gasteiger partial charge in [-0.15, -0.1) is 0 Å². The number of nitrogens with zero attached hydrogens (tertiary/aromatic N) is 1. The highest BCUT2D eigenvalue weighted by atomic mass is 19.1. The summed E-state index contributed by atoms with van der Waals surface area (Å²) in [6.07, 6.45) is 2.87. The number of halogens is 1. The van der Waals surface area contributed by atoms with E-state index < -0.39 is 12.2 Å². The molecule has 3 aromatic rings. The smallest absolute Gasteiger partial charge is 0.254 e. The molecular formula is C21H18FN2O3+. The molecule has 1 aliphatic heterocycles. The predicted molar refractivity (Wildman–Crippen MR) is 95.3 cm³/mol. The van der Waals surface area contributed by atoms with Gasteiger partial charge in [0.05, 0.1) is 12.2 Å². The Morgan fingerprint density at radius 1 is 1.19 bits per heavy atom. The van der Waals surface area contributed by atoms with Crippen LogP contribution in [0, 0.1) is 5.82 Å². The number of fused-ring (bicyclic) bond motifs is 1. The van der Waals surface area contributed by atoms with Crippen LogP contribution in [-0.4, -0.2) is 5.91 Å². The molecule has 2 heterocycles. The maximum atomic E-state index is 14.1. The zero-order chi connectivity index (χ0) is 18.8. The van der Waals surface area contributed by atoms with Gasteiger partial charge in [0.25, 0.3) is 5.91 Å². The number of benzene rings is 2. The van der Waals surface area contributed by atoms with Crippen LogP contribution in [0.5, 0.6) is 5.75 Å². The first-order valence-corrected chi connectivity index (χ1v) is 8.53. The number of carbonyl (C=O) groups is 1. The van der Waals surface area contributed by atoms with Crippen molar-refractivity contribution in [3.63, 3.8) is 0 Å². The molecule has 0 spiro atoms. The Morgan fingerprint density at radius 3 is 2.78 bits per heavy atom. The number of pyridine rings is 1. The minimum absolute atomic E-state index is 0.256. The average molecular weight is 365 g/mol. The summed E-state index contributed by atoms with van der Waals surface area (Å²) in [5, 5.41) is 0. The van der Waals surface area contributed by atoms with Gasteiger partial charge in [0.15, 0.2) is 18.9 Å². The van der Waals surface area contributed by atoms with Crippen molar-refractivity contribution in [1.29, 1.82) is 0 Å². The molecule has 5 nitrogen and oxygen atoms in total. The Balaban J connectivity index is 1.67. The van der Waals surface area contributed by atoms with Crippen LogP contribution in [0.2, 0.25) is 0 Å². The number of aromatic nitrogens is 1. The maximum Gasteiger partial charge on any atom is 0.254 e. The molecule has 1 aromatic heterocycles. The van der Waals surface area contributed by atoms with Crippen molar-refractivity contribution >= 4 is 5.91 Å². The first-order valence-electron chi connectivity index (χ1n) is 8.53. The first kappa shape index (κ1) is 17.2. The monoisotopic (exact) mass is 365 g/mol. The van der Waals surface area contributed by atoms with Crippen LogP contribution in [0.1, 0.15) is 33.3 Å². The van der Waals surface area contributed by atoms with Crippen molar-refractivity contribution < 1.29 is 23.2 Å². The molecule has 4 rings (SSSR count). The van der Waals surface area contributed by atoms with Gasteiger partial charge in [0, 0.05) is 17.2 Å². The van der Waals surface area contributed by atoms with Crippen LogP contribution >= 0.6 is 0 Å². The topological polar surface area (TPSA) is 65.4 Å². The molecule has 0 aliphatic carbocycles. The third kappa shape index (κ3) is 3.66. The number of rotatable bonds is 4. The summed E-state index contributed by atoms with van der Waals surface area (Å²) in [5.74, 6) is -0.270. The Kier molecular flexibility index (Phi) is 4.56. The summed E-state index contributed by atoms with van der Waals surface area (Å²) >= 11 is 0. The largest absolute Gasteiger partial charge is 0.460 e. The first-order chi connectivity index (χ1) is 13.1. The minimum atomic E-state index is -0.551. The molecule has 136 valence electrons. The van der Waals surface area contributed by atoms with Gasteiger partial charge in [-0.1, -0.05) is 30.3 Å². The fourth-order valence-electron chi connectivity index (χ4n) is 3.13. The van der Waals surface area contributed by atoms with E-state index in [0.717, 1.165) is 5.56 Å². The van der Waals surface area contributed by atoms with Crippen LogP contribution < -0.4 is 15.0 Å². The van der Waals surface area contributed by atoms with E-state index in [1.165, 1.54) is 12.1 Å². The lowest BCUT2D eigenvalue weighted by atomic mass is 10.1. The number of amides is 1. The minimum Gasteiger partial charge on any atom is -0.460 e. The maximum absolute atomic E-state index is 14.1. The third-order valence-corrected chi connectivity index (χ3v) is 4.39. The van der Waals surface area contributed by atoms with Gasteiger partial charge in [-0.05, 0) is 18.2 Å². The lowest BCUT2D eigenvalue weighted by Crippen LogP contribution is -2.35. The Hall–Kier alpha value is -3.25. The van der Waals surface area contributed by atoms with Crippen molar-refractivity contribution in [3.05, 3.63) is 95.1 Å². The van der Waals surface area contributed by atoms with Crippen molar-refractivity contribution in [1.82, 2.24) is 0 Å². The fraction of sp³-hybridized carbons (Fsp3) is 0.143. The summed E-state index contributed by atoms with van der Waals surface area (Å²) in [6, 6.07) is 15.8. The molecule has 0 saturated heterocycles. The van der Waals surface area contributed by atoms with E-state index in [1.807, 2.05) is 30.3 Å². The summed E-state index contributed by atoms with van der Waals surface area (Å²) < 4.78 is 27.7. The molecule has 0 fully saturated rings. The number of hydrogen-bond acceptors (Lipinski definition) is 3. The fourth-order valence-corrected chi connectivity index (χ4v) is 3.13. The van der Waals surface area contributed by atoms with Crippen molar-refractivity contribution in [3.8, 4) is 5.75 Å². The highest BCUT2D eigenvalue weighted by molar-refractivity contribution is 5.92. The Labute approximate surface area is 155 Å². The van der Waals surface area contributed by atoms with Crippen molar-refractivity contribution in [2.24, 2.45) is 5.73 Å². The quantitative estimate of drug-likeness (QED) is 0.723. The van der Waals surface area contributed by atoms with E-state index in [-0.39, 0.29) is 12.4 Å². The highest BCUT2D eigenvalue weighted by Crippen LogP contribution is 2.36. The molecule has 0 unspecified atom stereocenters. The molecule has 0 saturated carbocycles. The van der Waals surface area contributed by atoms with E-state index in [0.29, 0.717) is 29.0 Å². The molecule has 1 amide bonds. The van der Waals surface area contributed by atoms with E-state index in [4.69, 9.17) is 15.2 Å². The van der Waals surface area contributed by atoms with Gasteiger partial charge >= 0.3 is 0 Å². The van der Waals surface area contributed by atoms with Gasteiger partial charge < -0.3 is 15.2 Å². The van der Waals surface area contributed by atoms with Gasteiger partial charge in [-0.2, -0.15) is 4.57 Å². The normalized spacial score (nSPS) is 15.7. The SMILES string of the molecule is NC(=O)c1ccc[n+](Cc2cc(F)cc3c2O[C@H](c2ccccc2)OC3)c1. The standard InChI is InChI=1S/C21H17FN2O3/c22-18-9-16(12-24-8-4-7-15(11-24)20(23)25)19-17(10-18)13-26-21(27-19)14-5-2-1-3-6-14/h1-11,21H,12-13H2,(H-,23,25)/p+1/t21-/m1/s1. The van der Waals surface area contributed by atoms with Crippen LogP contribution in [0.4, 0.5) is 4.39 Å². The number of nitrogens with two attached hydrogens (primary N) is 1. The highest BCUT2D eigenvalue weighted by Gasteiger charge is 2.26.